The molecule has 0 aromatic carbocycles. The molecule has 0 saturated carbocycles. The molecule has 0 aliphatic carbocycles. The number of rotatable bonds is 4. The molecule has 2 unspecified atom stereocenters. The summed E-state index contributed by atoms with van der Waals surface area (Å²) in [6, 6.07) is 3.02. The number of amides is 1. The molecule has 1 amide bonds. The van der Waals surface area contributed by atoms with Crippen LogP contribution in [-0.2, 0) is 4.79 Å². The van der Waals surface area contributed by atoms with Crippen molar-refractivity contribution in [3.05, 3.63) is 11.8 Å². The van der Waals surface area contributed by atoms with E-state index in [-0.39, 0.29) is 5.91 Å². The molecule has 21 heavy (non-hydrogen) atoms. The van der Waals surface area contributed by atoms with Gasteiger partial charge in [0.2, 0.25) is 11.8 Å². The van der Waals surface area contributed by atoms with E-state index in [0.29, 0.717) is 36.5 Å². The van der Waals surface area contributed by atoms with Gasteiger partial charge in [-0.1, -0.05) is 19.0 Å². The van der Waals surface area contributed by atoms with Gasteiger partial charge in [-0.05, 0) is 31.6 Å². The summed E-state index contributed by atoms with van der Waals surface area (Å²) < 4.78 is 5.15. The van der Waals surface area contributed by atoms with Crippen molar-refractivity contribution in [2.45, 2.75) is 63.6 Å². The molecule has 2 atom stereocenters. The minimum atomic E-state index is -0.0335. The van der Waals surface area contributed by atoms with E-state index in [9.17, 15) is 4.79 Å². The summed E-state index contributed by atoms with van der Waals surface area (Å²) in [4.78, 5) is 14.5. The molecule has 2 aliphatic rings. The second-order valence-electron chi connectivity index (χ2n) is 6.61. The third-order valence-corrected chi connectivity index (χ3v) is 4.63. The lowest BCUT2D eigenvalue weighted by molar-refractivity contribution is -0.118. The number of piperidine rings is 1. The second-order valence-corrected chi connectivity index (χ2v) is 6.61. The van der Waals surface area contributed by atoms with Crippen molar-refractivity contribution in [3.8, 4) is 0 Å². The normalized spacial score (nSPS) is 29.0. The number of carbonyl (C=O) groups is 1. The molecular weight excluding hydrogens is 268 g/mol. The molecule has 116 valence electrons. The average molecular weight is 292 g/mol. The van der Waals surface area contributed by atoms with Crippen molar-refractivity contribution in [2.24, 2.45) is 5.73 Å². The van der Waals surface area contributed by atoms with Crippen LogP contribution in [0, 0.1) is 0 Å². The first-order valence-corrected chi connectivity index (χ1v) is 7.80. The van der Waals surface area contributed by atoms with Crippen LogP contribution in [0.3, 0.4) is 0 Å². The molecule has 2 fully saturated rings. The fraction of sp³-hybridized carbons (Fsp3) is 0.733. The van der Waals surface area contributed by atoms with E-state index in [4.69, 9.17) is 10.3 Å². The Morgan fingerprint density at radius 1 is 1.48 bits per heavy atom. The highest BCUT2D eigenvalue weighted by Gasteiger charge is 2.40. The maximum absolute atomic E-state index is 12.2. The Kier molecular flexibility index (Phi) is 3.99. The predicted molar refractivity (Wildman–Crippen MR) is 79.9 cm³/mol. The summed E-state index contributed by atoms with van der Waals surface area (Å²) in [6.07, 6.45) is 4.32. The van der Waals surface area contributed by atoms with E-state index in [1.807, 2.05) is 13.8 Å². The van der Waals surface area contributed by atoms with Crippen molar-refractivity contribution in [1.29, 1.82) is 0 Å². The molecular formula is C15H24N4O2. The molecule has 2 bridgehead atoms. The number of nitrogens with zero attached hydrogens (tertiary/aromatic N) is 2. The minimum absolute atomic E-state index is 0.0335. The highest BCUT2D eigenvalue weighted by molar-refractivity contribution is 5.91. The SMILES string of the molecule is CC(C)c1cc(NC(=O)CN2C3CCC2CC(N)C3)on1. The van der Waals surface area contributed by atoms with Gasteiger partial charge in [-0.15, -0.1) is 0 Å². The minimum Gasteiger partial charge on any atom is -0.338 e. The molecule has 0 radical (unpaired) electrons. The molecule has 3 rings (SSSR count). The zero-order chi connectivity index (χ0) is 15.0. The van der Waals surface area contributed by atoms with Crippen molar-refractivity contribution in [1.82, 2.24) is 10.1 Å². The van der Waals surface area contributed by atoms with E-state index in [1.54, 1.807) is 6.07 Å². The van der Waals surface area contributed by atoms with Crippen LogP contribution in [0.1, 0.15) is 51.1 Å². The fourth-order valence-electron chi connectivity index (χ4n) is 3.54. The van der Waals surface area contributed by atoms with Gasteiger partial charge in [0.1, 0.15) is 0 Å². The van der Waals surface area contributed by atoms with Crippen LogP contribution in [0.25, 0.3) is 0 Å². The second kappa shape index (κ2) is 5.77. The highest BCUT2D eigenvalue weighted by atomic mass is 16.5. The van der Waals surface area contributed by atoms with Crippen molar-refractivity contribution in [3.63, 3.8) is 0 Å². The van der Waals surface area contributed by atoms with Crippen LogP contribution in [0.4, 0.5) is 5.88 Å². The molecule has 6 nitrogen and oxygen atoms in total. The predicted octanol–water partition coefficient (Wildman–Crippen LogP) is 1.69. The summed E-state index contributed by atoms with van der Waals surface area (Å²) in [5, 5.41) is 6.75. The van der Waals surface area contributed by atoms with Gasteiger partial charge in [-0.2, -0.15) is 0 Å². The van der Waals surface area contributed by atoms with Crippen LogP contribution in [0.5, 0.6) is 0 Å². The smallest absolute Gasteiger partial charge is 0.240 e. The standard InChI is InChI=1S/C15H24N4O2/c1-9(2)13-7-15(21-18-13)17-14(20)8-19-11-3-4-12(19)6-10(16)5-11/h7,9-12H,3-6,8,16H2,1-2H3,(H,17,20). The number of fused-ring (bicyclic) bond motifs is 2. The largest absolute Gasteiger partial charge is 0.338 e. The summed E-state index contributed by atoms with van der Waals surface area (Å²) in [7, 11) is 0. The molecule has 1 aromatic rings. The van der Waals surface area contributed by atoms with Crippen molar-refractivity contribution in [2.75, 3.05) is 11.9 Å². The lowest BCUT2D eigenvalue weighted by atomic mass is 9.98. The summed E-state index contributed by atoms with van der Waals surface area (Å²) >= 11 is 0. The van der Waals surface area contributed by atoms with Gasteiger partial charge in [0.25, 0.3) is 0 Å². The van der Waals surface area contributed by atoms with E-state index < -0.39 is 0 Å². The lowest BCUT2D eigenvalue weighted by Crippen LogP contribution is -2.49. The summed E-state index contributed by atoms with van der Waals surface area (Å²) in [5.41, 5.74) is 6.91. The Balaban J connectivity index is 1.57. The maximum atomic E-state index is 12.2. The Morgan fingerprint density at radius 2 is 2.14 bits per heavy atom. The van der Waals surface area contributed by atoms with Crippen LogP contribution in [0.2, 0.25) is 0 Å². The average Bonchev–Trinajstić information content (AvgIpc) is 2.94. The van der Waals surface area contributed by atoms with Gasteiger partial charge in [0, 0.05) is 24.2 Å². The number of aromatic nitrogens is 1. The van der Waals surface area contributed by atoms with Gasteiger partial charge >= 0.3 is 0 Å². The van der Waals surface area contributed by atoms with E-state index in [1.165, 1.54) is 0 Å². The van der Waals surface area contributed by atoms with Crippen LogP contribution in [-0.4, -0.2) is 40.6 Å². The first-order valence-electron chi connectivity index (χ1n) is 7.80. The van der Waals surface area contributed by atoms with Crippen molar-refractivity contribution < 1.29 is 9.32 Å². The zero-order valence-corrected chi connectivity index (χ0v) is 12.7. The van der Waals surface area contributed by atoms with Gasteiger partial charge in [0.05, 0.1) is 12.2 Å². The Bertz CT molecular complexity index is 500. The third-order valence-electron chi connectivity index (χ3n) is 4.63. The Morgan fingerprint density at radius 3 is 2.71 bits per heavy atom. The Hall–Kier alpha value is -1.40. The first kappa shape index (κ1) is 14.5. The van der Waals surface area contributed by atoms with E-state index >= 15 is 0 Å². The van der Waals surface area contributed by atoms with Gasteiger partial charge in [-0.3, -0.25) is 15.0 Å². The van der Waals surface area contributed by atoms with E-state index in [2.05, 4.69) is 15.4 Å². The molecule has 6 heteroatoms. The van der Waals surface area contributed by atoms with Crippen LogP contribution < -0.4 is 11.1 Å². The number of hydrogen-bond acceptors (Lipinski definition) is 5. The van der Waals surface area contributed by atoms with Crippen LogP contribution in [0.15, 0.2) is 10.6 Å². The molecule has 1 aromatic heterocycles. The number of nitrogens with two attached hydrogens (primary N) is 1. The molecule has 0 spiro atoms. The molecule has 2 aliphatic heterocycles. The number of anilines is 1. The van der Waals surface area contributed by atoms with E-state index in [0.717, 1.165) is 31.4 Å². The quantitative estimate of drug-likeness (QED) is 0.882. The Labute approximate surface area is 125 Å². The monoisotopic (exact) mass is 292 g/mol. The van der Waals surface area contributed by atoms with Gasteiger partial charge < -0.3 is 10.3 Å². The highest BCUT2D eigenvalue weighted by Crippen LogP contribution is 2.34. The molecule has 3 heterocycles. The van der Waals surface area contributed by atoms with Crippen molar-refractivity contribution >= 4 is 11.8 Å². The lowest BCUT2D eigenvalue weighted by Gasteiger charge is -2.36. The van der Waals surface area contributed by atoms with Crippen LogP contribution >= 0.6 is 0 Å². The molecule has 3 N–H and O–H groups in total. The van der Waals surface area contributed by atoms with Gasteiger partial charge in [0.15, 0.2) is 0 Å². The zero-order valence-electron chi connectivity index (χ0n) is 12.7. The van der Waals surface area contributed by atoms with Gasteiger partial charge in [-0.25, -0.2) is 0 Å². The first-order chi connectivity index (χ1) is 10.0. The number of hydrogen-bond donors (Lipinski definition) is 2. The fourth-order valence-corrected chi connectivity index (χ4v) is 3.54. The molecule has 2 saturated heterocycles. The topological polar surface area (TPSA) is 84.4 Å². The number of nitrogens with one attached hydrogen (secondary N) is 1. The summed E-state index contributed by atoms with van der Waals surface area (Å²) in [5.74, 6) is 0.692. The third kappa shape index (κ3) is 3.11. The summed E-state index contributed by atoms with van der Waals surface area (Å²) in [6.45, 7) is 4.50. The number of carbonyl (C=O) groups excluding carboxylic acids is 1. The maximum Gasteiger partial charge on any atom is 0.240 e.